The number of aryl methyl sites for hydroxylation is 1. The number of nitrogens with one attached hydrogen (secondary N) is 2. The van der Waals surface area contributed by atoms with Crippen LogP contribution in [0.5, 0.6) is 5.75 Å². The van der Waals surface area contributed by atoms with Gasteiger partial charge in [-0.15, -0.1) is 0 Å². The van der Waals surface area contributed by atoms with Gasteiger partial charge in [-0.3, -0.25) is 4.79 Å². The number of carbonyl (C=O) groups is 2. The number of aliphatic hydroxyl groups is 1. The third-order valence-corrected chi connectivity index (χ3v) is 4.97. The molecule has 1 aromatic carbocycles. The number of aromatic nitrogens is 2. The molecule has 0 aliphatic carbocycles. The predicted octanol–water partition coefficient (Wildman–Crippen LogP) is 2.80. The number of anilines is 2. The van der Waals surface area contributed by atoms with E-state index in [1.165, 1.54) is 7.11 Å². The number of amides is 1. The minimum absolute atomic E-state index is 0.0189. The van der Waals surface area contributed by atoms with E-state index in [0.717, 1.165) is 0 Å². The third kappa shape index (κ3) is 4.61. The number of rotatable bonds is 8. The summed E-state index contributed by atoms with van der Waals surface area (Å²) in [5.41, 5.74) is 2.14. The highest BCUT2D eigenvalue weighted by molar-refractivity contribution is 6.14. The van der Waals surface area contributed by atoms with Crippen molar-refractivity contribution in [2.45, 2.75) is 19.4 Å². The lowest BCUT2D eigenvalue weighted by Gasteiger charge is -2.13. The van der Waals surface area contributed by atoms with Gasteiger partial charge >= 0.3 is 5.97 Å². The molecule has 3 rings (SSSR count). The number of hydrogen-bond donors (Lipinski definition) is 3. The van der Waals surface area contributed by atoms with Crippen LogP contribution < -0.4 is 15.4 Å². The van der Waals surface area contributed by atoms with Crippen molar-refractivity contribution in [3.05, 3.63) is 47.8 Å². The zero-order valence-corrected chi connectivity index (χ0v) is 17.9. The van der Waals surface area contributed by atoms with Crippen molar-refractivity contribution in [3.63, 3.8) is 0 Å². The smallest absolute Gasteiger partial charge is 0.356 e. The van der Waals surface area contributed by atoms with E-state index in [-0.39, 0.29) is 24.2 Å². The summed E-state index contributed by atoms with van der Waals surface area (Å²) in [7, 11) is 4.52. The number of esters is 1. The van der Waals surface area contributed by atoms with Crippen LogP contribution in [0.15, 0.2) is 36.5 Å². The van der Waals surface area contributed by atoms with Crippen LogP contribution in [-0.2, 0) is 11.8 Å². The van der Waals surface area contributed by atoms with E-state index in [9.17, 15) is 9.59 Å². The highest BCUT2D eigenvalue weighted by atomic mass is 16.5. The van der Waals surface area contributed by atoms with Crippen LogP contribution >= 0.6 is 0 Å². The van der Waals surface area contributed by atoms with E-state index in [2.05, 4.69) is 15.6 Å². The number of methoxy groups -OCH3 is 2. The Hall–Kier alpha value is -3.59. The molecule has 1 atom stereocenters. The monoisotopic (exact) mass is 426 g/mol. The van der Waals surface area contributed by atoms with Crippen molar-refractivity contribution in [2.75, 3.05) is 31.5 Å². The topological polar surface area (TPSA) is 115 Å². The van der Waals surface area contributed by atoms with Crippen LogP contribution in [-0.4, -0.2) is 53.4 Å². The van der Waals surface area contributed by atoms with Crippen LogP contribution in [0.4, 0.5) is 11.4 Å². The number of nitrogens with zero attached hydrogens (tertiary/aromatic N) is 2. The van der Waals surface area contributed by atoms with Crippen molar-refractivity contribution in [1.82, 2.24) is 9.55 Å². The molecule has 0 fully saturated rings. The Bertz CT molecular complexity index is 1090. The zero-order valence-electron chi connectivity index (χ0n) is 17.9. The van der Waals surface area contributed by atoms with Gasteiger partial charge in [0.05, 0.1) is 31.8 Å². The summed E-state index contributed by atoms with van der Waals surface area (Å²) in [6.07, 6.45) is 2.22. The highest BCUT2D eigenvalue weighted by Crippen LogP contribution is 2.32. The Balaban J connectivity index is 2.04. The zero-order chi connectivity index (χ0) is 22.5. The van der Waals surface area contributed by atoms with Gasteiger partial charge in [0.25, 0.3) is 5.91 Å². The first kappa shape index (κ1) is 22.1. The molecule has 0 saturated carbocycles. The van der Waals surface area contributed by atoms with Crippen molar-refractivity contribution >= 4 is 34.3 Å². The van der Waals surface area contributed by atoms with Crippen LogP contribution in [0, 0.1) is 0 Å². The van der Waals surface area contributed by atoms with Crippen molar-refractivity contribution in [2.24, 2.45) is 7.05 Å². The quantitative estimate of drug-likeness (QED) is 0.475. The molecule has 3 N–H and O–H groups in total. The molecule has 0 aliphatic heterocycles. The summed E-state index contributed by atoms with van der Waals surface area (Å²) in [6, 6.07) is 8.48. The normalized spacial score (nSPS) is 11.8. The summed E-state index contributed by atoms with van der Waals surface area (Å²) >= 11 is 0. The SMILES string of the molecule is COC(=O)c1c(NC(=O)c2ccc(OC)cc2)c2cc(NC(C)CCO)cnc2n1C. The number of aliphatic hydroxyl groups excluding tert-OH is 1. The molecule has 2 aromatic heterocycles. The van der Waals surface area contributed by atoms with Gasteiger partial charge in [-0.05, 0) is 43.7 Å². The molecule has 1 amide bonds. The molecule has 9 heteroatoms. The first-order chi connectivity index (χ1) is 14.9. The number of ether oxygens (including phenoxy) is 2. The summed E-state index contributed by atoms with van der Waals surface area (Å²) in [6.45, 7) is 2.00. The van der Waals surface area contributed by atoms with Crippen molar-refractivity contribution < 1.29 is 24.2 Å². The van der Waals surface area contributed by atoms with Gasteiger partial charge in [0.2, 0.25) is 0 Å². The van der Waals surface area contributed by atoms with E-state index < -0.39 is 5.97 Å². The Morgan fingerprint density at radius 3 is 2.55 bits per heavy atom. The number of benzene rings is 1. The van der Waals surface area contributed by atoms with E-state index in [1.54, 1.807) is 49.2 Å². The Morgan fingerprint density at radius 1 is 1.23 bits per heavy atom. The molecule has 0 aliphatic rings. The summed E-state index contributed by atoms with van der Waals surface area (Å²) in [4.78, 5) is 29.8. The van der Waals surface area contributed by atoms with Gasteiger partial charge in [0.1, 0.15) is 11.4 Å². The molecule has 0 saturated heterocycles. The lowest BCUT2D eigenvalue weighted by molar-refractivity contribution is 0.0591. The second-order valence-electron chi connectivity index (χ2n) is 7.11. The fraction of sp³-hybridized carbons (Fsp3) is 0.318. The fourth-order valence-electron chi connectivity index (χ4n) is 3.33. The molecular weight excluding hydrogens is 400 g/mol. The standard InChI is InChI=1S/C22H26N4O5/c1-13(9-10-27)24-15-11-17-18(19(22(29)31-4)26(2)20(17)23-12-15)25-21(28)14-5-7-16(30-3)8-6-14/h5-8,11-13,24,27H,9-10H2,1-4H3,(H,25,28). The average Bonchev–Trinajstić information content (AvgIpc) is 3.04. The molecule has 2 heterocycles. The minimum Gasteiger partial charge on any atom is -0.497 e. The fourth-order valence-corrected chi connectivity index (χ4v) is 3.33. The molecule has 31 heavy (non-hydrogen) atoms. The van der Waals surface area contributed by atoms with Gasteiger partial charge in [0.15, 0.2) is 5.69 Å². The lowest BCUT2D eigenvalue weighted by Crippen LogP contribution is -2.17. The number of pyridine rings is 1. The summed E-state index contributed by atoms with van der Waals surface area (Å²) in [5.74, 6) is -0.338. The Morgan fingerprint density at radius 2 is 1.94 bits per heavy atom. The highest BCUT2D eigenvalue weighted by Gasteiger charge is 2.25. The molecule has 0 spiro atoms. The van der Waals surface area contributed by atoms with E-state index in [0.29, 0.717) is 40.1 Å². The van der Waals surface area contributed by atoms with Crippen LogP contribution in [0.1, 0.15) is 34.2 Å². The maximum Gasteiger partial charge on any atom is 0.356 e. The number of carbonyl (C=O) groups excluding carboxylic acids is 2. The van der Waals surface area contributed by atoms with Gasteiger partial charge in [0, 0.05) is 30.6 Å². The van der Waals surface area contributed by atoms with Gasteiger partial charge in [-0.25, -0.2) is 9.78 Å². The van der Waals surface area contributed by atoms with Crippen LogP contribution in [0.2, 0.25) is 0 Å². The second-order valence-corrected chi connectivity index (χ2v) is 7.11. The van der Waals surface area contributed by atoms with Crippen molar-refractivity contribution in [1.29, 1.82) is 0 Å². The van der Waals surface area contributed by atoms with Crippen LogP contribution in [0.3, 0.4) is 0 Å². The molecule has 164 valence electrons. The minimum atomic E-state index is -0.589. The van der Waals surface area contributed by atoms with Gasteiger partial charge in [-0.2, -0.15) is 0 Å². The largest absolute Gasteiger partial charge is 0.497 e. The maximum atomic E-state index is 12.9. The average molecular weight is 426 g/mol. The maximum absolute atomic E-state index is 12.9. The lowest BCUT2D eigenvalue weighted by atomic mass is 10.1. The first-order valence-corrected chi connectivity index (χ1v) is 9.79. The third-order valence-electron chi connectivity index (χ3n) is 4.97. The molecule has 9 nitrogen and oxygen atoms in total. The van der Waals surface area contributed by atoms with Gasteiger partial charge in [-0.1, -0.05) is 0 Å². The molecule has 0 radical (unpaired) electrons. The van der Waals surface area contributed by atoms with E-state index >= 15 is 0 Å². The molecular formula is C22H26N4O5. The number of hydrogen-bond acceptors (Lipinski definition) is 7. The Kier molecular flexibility index (Phi) is 6.76. The summed E-state index contributed by atoms with van der Waals surface area (Å²) < 4.78 is 11.7. The van der Waals surface area contributed by atoms with Gasteiger partial charge < -0.3 is 29.8 Å². The summed E-state index contributed by atoms with van der Waals surface area (Å²) in [5, 5.41) is 15.8. The molecule has 1 unspecified atom stereocenters. The van der Waals surface area contributed by atoms with Crippen LogP contribution in [0.25, 0.3) is 11.0 Å². The Labute approximate surface area is 180 Å². The molecule has 0 bridgehead atoms. The first-order valence-electron chi connectivity index (χ1n) is 9.79. The van der Waals surface area contributed by atoms with Crippen molar-refractivity contribution in [3.8, 4) is 5.75 Å². The second kappa shape index (κ2) is 9.48. The van der Waals surface area contributed by atoms with E-state index in [1.807, 2.05) is 13.0 Å². The number of fused-ring (bicyclic) bond motifs is 1. The molecule has 3 aromatic rings. The van der Waals surface area contributed by atoms with E-state index in [4.69, 9.17) is 14.6 Å². The predicted molar refractivity (Wildman–Crippen MR) is 118 cm³/mol.